The lowest BCUT2D eigenvalue weighted by atomic mass is 10.2. The van der Waals surface area contributed by atoms with Gasteiger partial charge in [0.05, 0.1) is 11.5 Å². The predicted octanol–water partition coefficient (Wildman–Crippen LogP) is 4.19. The van der Waals surface area contributed by atoms with Crippen LogP contribution in [0.5, 0.6) is 0 Å². The van der Waals surface area contributed by atoms with E-state index in [4.69, 9.17) is 11.6 Å². The van der Waals surface area contributed by atoms with Crippen LogP contribution in [-0.4, -0.2) is 41.6 Å². The van der Waals surface area contributed by atoms with Gasteiger partial charge < -0.3 is 0 Å². The first-order valence-corrected chi connectivity index (χ1v) is 13.9. The average molecular weight is 567 g/mol. The van der Waals surface area contributed by atoms with Crippen molar-refractivity contribution in [1.82, 2.24) is 4.72 Å². The van der Waals surface area contributed by atoms with Gasteiger partial charge in [-0.2, -0.15) is 13.1 Å². The lowest BCUT2D eigenvalue weighted by Gasteiger charge is -2.29. The van der Waals surface area contributed by atoms with Gasteiger partial charge in [0.2, 0.25) is 0 Å². The van der Waals surface area contributed by atoms with E-state index >= 15 is 0 Å². The van der Waals surface area contributed by atoms with Crippen LogP contribution in [0.3, 0.4) is 0 Å². The van der Waals surface area contributed by atoms with E-state index in [9.17, 15) is 43.2 Å². The summed E-state index contributed by atoms with van der Waals surface area (Å²) in [5, 5.41) is 0. The van der Waals surface area contributed by atoms with E-state index in [0.29, 0.717) is 53.7 Å². The fourth-order valence-corrected chi connectivity index (χ4v) is 6.08. The van der Waals surface area contributed by atoms with E-state index in [1.165, 1.54) is 0 Å². The Hall–Kier alpha value is -2.03. The molecule has 0 unspecified atom stereocenters. The molecule has 0 saturated carbocycles. The van der Waals surface area contributed by atoms with E-state index < -0.39 is 72.0 Å². The smallest absolute Gasteiger partial charge is 0.252 e. The number of benzene rings is 2. The Morgan fingerprint density at radius 2 is 1.40 bits per heavy atom. The first-order chi connectivity index (χ1) is 16.3. The van der Waals surface area contributed by atoms with E-state index in [1.54, 1.807) is 0 Å². The summed E-state index contributed by atoms with van der Waals surface area (Å²) in [4.78, 5) is 0. The monoisotopic (exact) mass is 566 g/mol. The second kappa shape index (κ2) is 12.3. The molecule has 0 atom stereocenters. The lowest BCUT2D eigenvalue weighted by molar-refractivity contribution is 0.526. The Labute approximate surface area is 204 Å². The van der Waals surface area contributed by atoms with Gasteiger partial charge in [0, 0.05) is 48.8 Å². The lowest BCUT2D eigenvalue weighted by Crippen LogP contribution is -2.47. The molecule has 1 aliphatic rings. The molecule has 3 rings (SSSR count). The highest BCUT2D eigenvalue weighted by Crippen LogP contribution is 2.27. The summed E-state index contributed by atoms with van der Waals surface area (Å²) in [6.45, 7) is 0.165. The van der Waals surface area contributed by atoms with Crippen LogP contribution in [0, 0.1) is 34.9 Å². The highest BCUT2D eigenvalue weighted by molar-refractivity contribution is 7.91. The van der Waals surface area contributed by atoms with Gasteiger partial charge in [0.1, 0.15) is 29.0 Å². The van der Waals surface area contributed by atoms with Crippen molar-refractivity contribution in [3.8, 4) is 0 Å². The van der Waals surface area contributed by atoms with E-state index in [2.05, 4.69) is 4.72 Å². The number of unbranched alkanes of at least 4 members (excludes halogenated alkanes) is 1. The molecule has 35 heavy (non-hydrogen) atoms. The topological polar surface area (TPSA) is 83.5 Å². The number of alkyl halides is 1. The molecule has 1 aliphatic heterocycles. The minimum absolute atomic E-state index is 0.0468. The van der Waals surface area contributed by atoms with Crippen LogP contribution in [0.25, 0.3) is 0 Å². The number of halogens is 7. The van der Waals surface area contributed by atoms with Crippen molar-refractivity contribution in [3.05, 3.63) is 64.7 Å². The zero-order valence-electron chi connectivity index (χ0n) is 18.0. The second-order valence-electron chi connectivity index (χ2n) is 7.38. The van der Waals surface area contributed by atoms with Gasteiger partial charge in [0.25, 0.3) is 0 Å². The molecule has 1 N–H and O–H groups in total. The Morgan fingerprint density at radius 3 is 1.89 bits per heavy atom. The average Bonchev–Trinajstić information content (AvgIpc) is 2.72. The molecule has 6 nitrogen and oxygen atoms in total. The minimum atomic E-state index is -3.95. The largest absolute Gasteiger partial charge is 0.301 e. The molecule has 0 radical (unpaired) electrons. The summed E-state index contributed by atoms with van der Waals surface area (Å²) in [6, 6.07) is 1.82. The van der Waals surface area contributed by atoms with Gasteiger partial charge in [-0.15, -0.1) is 11.6 Å². The summed E-state index contributed by atoms with van der Waals surface area (Å²) in [5.41, 5.74) is -1.37. The van der Waals surface area contributed by atoms with Crippen molar-refractivity contribution in [2.75, 3.05) is 29.0 Å². The summed E-state index contributed by atoms with van der Waals surface area (Å²) in [6.07, 6.45) is 1.25. The van der Waals surface area contributed by atoms with Crippen LogP contribution in [0.1, 0.15) is 24.8 Å². The molecular formula is C20H21ClF6N2O4S2. The second-order valence-corrected chi connectivity index (χ2v) is 11.6. The molecule has 0 aliphatic carbocycles. The number of nitrogens with one attached hydrogen (secondary N) is 1. The number of sulfone groups is 1. The minimum Gasteiger partial charge on any atom is -0.252 e. The summed E-state index contributed by atoms with van der Waals surface area (Å²) >= 11 is 5.40. The molecule has 0 spiro atoms. The molecule has 1 fully saturated rings. The Kier molecular flexibility index (Phi) is 10.2. The molecule has 2 aromatic carbocycles. The summed E-state index contributed by atoms with van der Waals surface area (Å²) in [5.74, 6) is -7.66. The van der Waals surface area contributed by atoms with Crippen LogP contribution >= 0.6 is 11.6 Å². The molecular weight excluding hydrogens is 546 g/mol. The maximum atomic E-state index is 13.4. The highest BCUT2D eigenvalue weighted by atomic mass is 35.5. The quantitative estimate of drug-likeness (QED) is 0.310. The number of hydrogen-bond donors (Lipinski definition) is 1. The Morgan fingerprint density at radius 1 is 0.886 bits per heavy atom. The molecule has 0 aromatic heterocycles. The fourth-order valence-electron chi connectivity index (χ4n) is 3.05. The highest BCUT2D eigenvalue weighted by Gasteiger charge is 2.30. The SMILES string of the molecule is O=S(=O)(CCCCCl)Cc1c(F)cc(F)cc1F.O=S1(=O)NCCCN1c1c(F)cc(F)cc1F. The van der Waals surface area contributed by atoms with Gasteiger partial charge in [-0.1, -0.05) is 0 Å². The van der Waals surface area contributed by atoms with Gasteiger partial charge in [0.15, 0.2) is 21.5 Å². The van der Waals surface area contributed by atoms with Crippen molar-refractivity contribution in [2.45, 2.75) is 25.0 Å². The van der Waals surface area contributed by atoms with Crippen LogP contribution in [0.4, 0.5) is 32.0 Å². The van der Waals surface area contributed by atoms with Crippen molar-refractivity contribution in [1.29, 1.82) is 0 Å². The number of nitrogens with zero attached hydrogens (tertiary/aromatic N) is 1. The van der Waals surface area contributed by atoms with Crippen LogP contribution in [0.2, 0.25) is 0 Å². The van der Waals surface area contributed by atoms with E-state index in [0.717, 1.165) is 0 Å². The Bertz CT molecular complexity index is 1220. The van der Waals surface area contributed by atoms with Gasteiger partial charge in [-0.3, -0.25) is 4.31 Å². The zero-order chi connectivity index (χ0) is 26.4. The van der Waals surface area contributed by atoms with Gasteiger partial charge in [-0.05, 0) is 19.3 Å². The maximum absolute atomic E-state index is 13.4. The standard InChI is InChI=1S/C11H12ClF3O2S.C9H9F3N2O2S/c12-3-1-2-4-18(16,17)7-9-10(14)5-8(13)6-11(9)15;10-6-4-7(11)9(8(12)5-6)14-3-1-2-13-17(14,15)16/h5-6H,1-4,7H2;4-5,13H,1-3H2. The van der Waals surface area contributed by atoms with Gasteiger partial charge >= 0.3 is 10.2 Å². The number of anilines is 1. The number of hydrogen-bond acceptors (Lipinski definition) is 4. The third-order valence-corrected chi connectivity index (χ3v) is 8.07. The molecule has 196 valence electrons. The first kappa shape index (κ1) is 29.2. The predicted molar refractivity (Wildman–Crippen MR) is 119 cm³/mol. The first-order valence-electron chi connectivity index (χ1n) is 10.1. The van der Waals surface area contributed by atoms with Crippen LogP contribution in [0.15, 0.2) is 24.3 Å². The van der Waals surface area contributed by atoms with E-state index in [-0.39, 0.29) is 18.8 Å². The third-order valence-electron chi connectivity index (χ3n) is 4.65. The zero-order valence-corrected chi connectivity index (χ0v) is 20.4. The molecule has 1 heterocycles. The van der Waals surface area contributed by atoms with Crippen molar-refractivity contribution in [3.63, 3.8) is 0 Å². The van der Waals surface area contributed by atoms with Crippen molar-refractivity contribution in [2.24, 2.45) is 0 Å². The van der Waals surface area contributed by atoms with Crippen LogP contribution in [-0.2, 0) is 25.8 Å². The molecule has 2 aromatic rings. The molecule has 15 heteroatoms. The maximum Gasteiger partial charge on any atom is 0.301 e. The normalized spacial score (nSPS) is 15.5. The summed E-state index contributed by atoms with van der Waals surface area (Å²) < 4.78 is 128. The van der Waals surface area contributed by atoms with E-state index in [1.807, 2.05) is 0 Å². The fraction of sp³-hybridized carbons (Fsp3) is 0.400. The Balaban J connectivity index is 0.000000247. The van der Waals surface area contributed by atoms with Crippen molar-refractivity contribution < 1.29 is 43.2 Å². The molecule has 0 bridgehead atoms. The molecule has 0 amide bonds. The third kappa shape index (κ3) is 8.26. The van der Waals surface area contributed by atoms with Crippen LogP contribution < -0.4 is 9.03 Å². The van der Waals surface area contributed by atoms with Gasteiger partial charge in [-0.25, -0.2) is 34.8 Å². The number of rotatable bonds is 7. The van der Waals surface area contributed by atoms with Crippen molar-refractivity contribution >= 4 is 37.3 Å². The molecule has 1 saturated heterocycles. The summed E-state index contributed by atoms with van der Waals surface area (Å²) in [7, 11) is -7.58.